The first kappa shape index (κ1) is 14.1. The van der Waals surface area contributed by atoms with Crippen LogP contribution in [0.2, 0.25) is 0 Å². The van der Waals surface area contributed by atoms with Crippen LogP contribution in [-0.2, 0) is 4.74 Å². The van der Waals surface area contributed by atoms with Crippen molar-refractivity contribution in [3.8, 4) is 0 Å². The van der Waals surface area contributed by atoms with Crippen LogP contribution >= 0.6 is 0 Å². The Balaban J connectivity index is 1.76. The van der Waals surface area contributed by atoms with Gasteiger partial charge in [0.05, 0.1) is 0 Å². The molecule has 2 aromatic rings. The lowest BCUT2D eigenvalue weighted by atomic mass is 10.0. The van der Waals surface area contributed by atoms with E-state index in [-0.39, 0.29) is 12.3 Å². The van der Waals surface area contributed by atoms with E-state index in [1.54, 1.807) is 0 Å². The second kappa shape index (κ2) is 5.88. The summed E-state index contributed by atoms with van der Waals surface area (Å²) in [6.07, 6.45) is 0.0612. The highest BCUT2D eigenvalue weighted by Gasteiger charge is 2.33. The molecule has 0 saturated carbocycles. The summed E-state index contributed by atoms with van der Waals surface area (Å²) < 4.78 is 6.22. The fourth-order valence-corrected chi connectivity index (χ4v) is 2.76. The van der Waals surface area contributed by atoms with E-state index in [1.807, 2.05) is 20.2 Å². The van der Waals surface area contributed by atoms with Crippen molar-refractivity contribution in [2.24, 2.45) is 0 Å². The highest BCUT2D eigenvalue weighted by molar-refractivity contribution is 5.46. The van der Waals surface area contributed by atoms with E-state index in [1.165, 1.54) is 16.8 Å². The molecule has 0 unspecified atom stereocenters. The van der Waals surface area contributed by atoms with Gasteiger partial charge in [0.1, 0.15) is 12.3 Å². The molecule has 3 heteroatoms. The topological polar surface area (TPSA) is 24.5 Å². The van der Waals surface area contributed by atoms with Crippen LogP contribution in [0.5, 0.6) is 0 Å². The van der Waals surface area contributed by atoms with E-state index in [2.05, 4.69) is 65.7 Å². The SMILES string of the molecule is C[C@@H]1N[C@@H](c2ccc(N(C)C)cc2)O[C@@H]1c1ccccc1. The van der Waals surface area contributed by atoms with Gasteiger partial charge in [-0.15, -0.1) is 0 Å². The number of nitrogens with one attached hydrogen (secondary N) is 1. The Morgan fingerprint density at radius 3 is 2.19 bits per heavy atom. The maximum Gasteiger partial charge on any atom is 0.135 e. The quantitative estimate of drug-likeness (QED) is 0.932. The Kier molecular flexibility index (Phi) is 3.95. The van der Waals surface area contributed by atoms with Crippen molar-refractivity contribution >= 4 is 5.69 Å². The fourth-order valence-electron chi connectivity index (χ4n) is 2.76. The van der Waals surface area contributed by atoms with Gasteiger partial charge in [-0.3, -0.25) is 5.32 Å². The third kappa shape index (κ3) is 2.94. The second-order valence-corrected chi connectivity index (χ2v) is 5.79. The average Bonchev–Trinajstić information content (AvgIpc) is 2.90. The molecule has 3 rings (SSSR count). The van der Waals surface area contributed by atoms with Crippen molar-refractivity contribution in [3.63, 3.8) is 0 Å². The van der Waals surface area contributed by atoms with Crippen molar-refractivity contribution in [2.45, 2.75) is 25.3 Å². The van der Waals surface area contributed by atoms with Gasteiger partial charge in [-0.25, -0.2) is 0 Å². The lowest BCUT2D eigenvalue weighted by molar-refractivity contribution is 0.0363. The molecular weight excluding hydrogens is 260 g/mol. The van der Waals surface area contributed by atoms with Crippen LogP contribution in [0.4, 0.5) is 5.69 Å². The minimum absolute atomic E-state index is 0.0404. The van der Waals surface area contributed by atoms with Crippen LogP contribution in [0.3, 0.4) is 0 Å². The smallest absolute Gasteiger partial charge is 0.135 e. The molecule has 1 aliphatic rings. The van der Waals surface area contributed by atoms with Gasteiger partial charge in [0, 0.05) is 25.8 Å². The van der Waals surface area contributed by atoms with Crippen LogP contribution in [0.1, 0.15) is 30.4 Å². The van der Waals surface area contributed by atoms with Gasteiger partial charge in [0.25, 0.3) is 0 Å². The first-order valence-electron chi connectivity index (χ1n) is 7.39. The predicted molar refractivity (Wildman–Crippen MR) is 86.4 cm³/mol. The zero-order valence-electron chi connectivity index (χ0n) is 12.8. The van der Waals surface area contributed by atoms with Crippen LogP contribution < -0.4 is 10.2 Å². The zero-order chi connectivity index (χ0) is 14.8. The molecule has 0 amide bonds. The Bertz CT molecular complexity index is 580. The summed E-state index contributed by atoms with van der Waals surface area (Å²) in [6, 6.07) is 19.2. The molecule has 1 fully saturated rings. The van der Waals surface area contributed by atoms with Crippen molar-refractivity contribution in [2.75, 3.05) is 19.0 Å². The lowest BCUT2D eigenvalue weighted by Crippen LogP contribution is -2.23. The van der Waals surface area contributed by atoms with Gasteiger partial charge >= 0.3 is 0 Å². The monoisotopic (exact) mass is 282 g/mol. The van der Waals surface area contributed by atoms with E-state index in [0.29, 0.717) is 6.04 Å². The van der Waals surface area contributed by atoms with E-state index in [4.69, 9.17) is 4.74 Å². The standard InChI is InChI=1S/C18H22N2O/c1-13-17(14-7-5-4-6-8-14)21-18(19-13)15-9-11-16(12-10-15)20(2)3/h4-13,17-19H,1-3H3/t13-,17-,18+/m0/s1. The fraction of sp³-hybridized carbons (Fsp3) is 0.333. The molecule has 0 spiro atoms. The molecule has 1 heterocycles. The maximum atomic E-state index is 6.22. The van der Waals surface area contributed by atoms with Gasteiger partial charge in [0.15, 0.2) is 0 Å². The van der Waals surface area contributed by atoms with Gasteiger partial charge in [-0.05, 0) is 30.2 Å². The van der Waals surface area contributed by atoms with Gasteiger partial charge in [-0.1, -0.05) is 42.5 Å². The molecule has 0 aromatic heterocycles. The highest BCUT2D eigenvalue weighted by Crippen LogP contribution is 2.35. The van der Waals surface area contributed by atoms with Crippen LogP contribution in [0.15, 0.2) is 54.6 Å². The first-order chi connectivity index (χ1) is 10.1. The number of nitrogens with zero attached hydrogens (tertiary/aromatic N) is 1. The molecule has 1 N–H and O–H groups in total. The highest BCUT2D eigenvalue weighted by atomic mass is 16.5. The molecule has 1 saturated heterocycles. The molecule has 0 bridgehead atoms. The summed E-state index contributed by atoms with van der Waals surface area (Å²) >= 11 is 0. The van der Waals surface area contributed by atoms with Crippen molar-refractivity contribution < 1.29 is 4.74 Å². The van der Waals surface area contributed by atoms with Crippen LogP contribution in [0.25, 0.3) is 0 Å². The third-order valence-electron chi connectivity index (χ3n) is 3.99. The Labute approximate surface area is 126 Å². The summed E-state index contributed by atoms with van der Waals surface area (Å²) in [4.78, 5) is 2.10. The van der Waals surface area contributed by atoms with Gasteiger partial charge in [-0.2, -0.15) is 0 Å². The third-order valence-corrected chi connectivity index (χ3v) is 3.99. The van der Waals surface area contributed by atoms with Gasteiger partial charge in [0.2, 0.25) is 0 Å². The molecule has 110 valence electrons. The number of rotatable bonds is 3. The summed E-state index contributed by atoms with van der Waals surface area (Å²) in [5.41, 5.74) is 3.60. The first-order valence-corrected chi connectivity index (χ1v) is 7.39. The number of hydrogen-bond donors (Lipinski definition) is 1. The number of hydrogen-bond acceptors (Lipinski definition) is 3. The molecular formula is C18H22N2O. The lowest BCUT2D eigenvalue weighted by Gasteiger charge is -2.16. The molecule has 1 aliphatic heterocycles. The number of anilines is 1. The Hall–Kier alpha value is -1.84. The van der Waals surface area contributed by atoms with Crippen molar-refractivity contribution in [1.82, 2.24) is 5.32 Å². The van der Waals surface area contributed by atoms with Crippen molar-refractivity contribution in [3.05, 3.63) is 65.7 Å². The second-order valence-electron chi connectivity index (χ2n) is 5.79. The minimum Gasteiger partial charge on any atom is -0.378 e. The average molecular weight is 282 g/mol. The molecule has 3 atom stereocenters. The van der Waals surface area contributed by atoms with Crippen LogP contribution in [0, 0.1) is 0 Å². The molecule has 0 radical (unpaired) electrons. The largest absolute Gasteiger partial charge is 0.378 e. The van der Waals surface area contributed by atoms with E-state index in [0.717, 1.165) is 0 Å². The predicted octanol–water partition coefficient (Wildman–Crippen LogP) is 3.50. The van der Waals surface area contributed by atoms with Crippen LogP contribution in [-0.4, -0.2) is 20.1 Å². The van der Waals surface area contributed by atoms with E-state index >= 15 is 0 Å². The summed E-state index contributed by atoms with van der Waals surface area (Å²) in [5.74, 6) is 0. The van der Waals surface area contributed by atoms with E-state index in [9.17, 15) is 0 Å². The summed E-state index contributed by atoms with van der Waals surface area (Å²) in [5, 5.41) is 3.53. The Morgan fingerprint density at radius 1 is 0.905 bits per heavy atom. The normalized spacial score (nSPS) is 25.0. The molecule has 0 aliphatic carbocycles. The molecule has 21 heavy (non-hydrogen) atoms. The van der Waals surface area contributed by atoms with E-state index < -0.39 is 0 Å². The molecule has 2 aromatic carbocycles. The van der Waals surface area contributed by atoms with Crippen molar-refractivity contribution in [1.29, 1.82) is 0 Å². The summed E-state index contributed by atoms with van der Waals surface area (Å²) in [6.45, 7) is 2.17. The molecule has 3 nitrogen and oxygen atoms in total. The zero-order valence-corrected chi connectivity index (χ0v) is 12.8. The summed E-state index contributed by atoms with van der Waals surface area (Å²) in [7, 11) is 4.10. The maximum absolute atomic E-state index is 6.22. The minimum atomic E-state index is -0.0404. The number of benzene rings is 2. The van der Waals surface area contributed by atoms with Gasteiger partial charge < -0.3 is 9.64 Å². The number of ether oxygens (including phenoxy) is 1. The Morgan fingerprint density at radius 2 is 1.57 bits per heavy atom.